The molecule has 0 aliphatic heterocycles. The Morgan fingerprint density at radius 3 is 2.52 bits per heavy atom. The quantitative estimate of drug-likeness (QED) is 0.512. The maximum absolute atomic E-state index is 13.1. The van der Waals surface area contributed by atoms with E-state index in [4.69, 9.17) is 11.6 Å². The van der Waals surface area contributed by atoms with Gasteiger partial charge >= 0.3 is 0 Å². The third-order valence-corrected chi connectivity index (χ3v) is 6.45. The number of nitrogens with one attached hydrogen (secondary N) is 1. The van der Waals surface area contributed by atoms with E-state index in [1.54, 1.807) is 24.3 Å². The number of carbonyl (C=O) groups excluding carboxylic acids is 2. The second-order valence-electron chi connectivity index (χ2n) is 7.81. The second kappa shape index (κ2) is 9.12. The van der Waals surface area contributed by atoms with Gasteiger partial charge in [-0.05, 0) is 60.2 Å². The van der Waals surface area contributed by atoms with Crippen molar-refractivity contribution < 1.29 is 9.59 Å². The number of anilines is 2. The van der Waals surface area contributed by atoms with Crippen molar-refractivity contribution >= 4 is 46.1 Å². The highest BCUT2D eigenvalue weighted by atomic mass is 35.5. The van der Waals surface area contributed by atoms with Crippen LogP contribution in [0.4, 0.5) is 11.4 Å². The molecule has 2 aromatic carbocycles. The number of halogens is 1. The molecule has 7 heteroatoms. The van der Waals surface area contributed by atoms with Crippen molar-refractivity contribution in [1.29, 1.82) is 0 Å². The first-order valence-electron chi connectivity index (χ1n) is 10.1. The van der Waals surface area contributed by atoms with E-state index in [2.05, 4.69) is 5.32 Å². The summed E-state index contributed by atoms with van der Waals surface area (Å²) in [7, 11) is 3.95. The predicted molar refractivity (Wildman–Crippen MR) is 127 cm³/mol. The van der Waals surface area contributed by atoms with Crippen molar-refractivity contribution in [2.45, 2.75) is 25.4 Å². The average Bonchev–Trinajstić information content (AvgIpc) is 3.44. The highest BCUT2D eigenvalue weighted by molar-refractivity contribution is 7.12. The Morgan fingerprint density at radius 2 is 1.87 bits per heavy atom. The minimum Gasteiger partial charge on any atom is -0.377 e. The number of thiophene rings is 1. The van der Waals surface area contributed by atoms with Crippen LogP contribution in [0.25, 0.3) is 0 Å². The molecule has 2 amide bonds. The van der Waals surface area contributed by atoms with E-state index in [9.17, 15) is 9.59 Å². The van der Waals surface area contributed by atoms with Crippen molar-refractivity contribution in [2.24, 2.45) is 0 Å². The van der Waals surface area contributed by atoms with Crippen LogP contribution in [0.15, 0.2) is 60.0 Å². The van der Waals surface area contributed by atoms with Gasteiger partial charge < -0.3 is 15.1 Å². The van der Waals surface area contributed by atoms with Crippen LogP contribution in [0, 0.1) is 0 Å². The molecule has 0 spiro atoms. The van der Waals surface area contributed by atoms with Crippen LogP contribution in [0.3, 0.4) is 0 Å². The molecule has 0 radical (unpaired) electrons. The Morgan fingerprint density at radius 1 is 1.10 bits per heavy atom. The molecule has 1 aliphatic rings. The van der Waals surface area contributed by atoms with Crippen molar-refractivity contribution in [3.05, 3.63) is 81.0 Å². The van der Waals surface area contributed by atoms with E-state index < -0.39 is 0 Å². The van der Waals surface area contributed by atoms with Gasteiger partial charge in [0, 0.05) is 38.1 Å². The molecule has 5 nitrogen and oxygen atoms in total. The van der Waals surface area contributed by atoms with E-state index in [-0.39, 0.29) is 17.9 Å². The standard InChI is InChI=1S/C24H24ClN3O2S/c1-27(2)21-12-9-17(26-23(29)19-6-3-4-7-20(19)25)14-16(21)15-28(18-10-11-18)24(30)22-8-5-13-31-22/h3-9,12-14,18H,10-11,15H2,1-2H3,(H,26,29). The molecule has 1 aromatic heterocycles. The molecule has 160 valence electrons. The van der Waals surface area contributed by atoms with E-state index in [1.807, 2.05) is 59.6 Å². The van der Waals surface area contributed by atoms with Crippen molar-refractivity contribution in [3.63, 3.8) is 0 Å². The van der Waals surface area contributed by atoms with Crippen LogP contribution in [-0.2, 0) is 6.54 Å². The lowest BCUT2D eigenvalue weighted by Crippen LogP contribution is -2.32. The topological polar surface area (TPSA) is 52.7 Å². The number of amides is 2. The minimum absolute atomic E-state index is 0.0627. The van der Waals surface area contributed by atoms with Crippen LogP contribution < -0.4 is 10.2 Å². The van der Waals surface area contributed by atoms with Gasteiger partial charge in [-0.15, -0.1) is 11.3 Å². The number of nitrogens with zero attached hydrogens (tertiary/aromatic N) is 2. The number of benzene rings is 2. The molecule has 1 saturated carbocycles. The highest BCUT2D eigenvalue weighted by Gasteiger charge is 2.34. The Balaban J connectivity index is 1.60. The van der Waals surface area contributed by atoms with Crippen molar-refractivity contribution in [3.8, 4) is 0 Å². The molecule has 1 heterocycles. The predicted octanol–water partition coefficient (Wildman–Crippen LogP) is 5.52. The summed E-state index contributed by atoms with van der Waals surface area (Å²) >= 11 is 7.63. The molecule has 1 fully saturated rings. The van der Waals surface area contributed by atoms with E-state index in [0.717, 1.165) is 29.0 Å². The second-order valence-corrected chi connectivity index (χ2v) is 9.17. The summed E-state index contributed by atoms with van der Waals surface area (Å²) in [4.78, 5) is 30.5. The van der Waals surface area contributed by atoms with Gasteiger partial charge in [0.25, 0.3) is 11.8 Å². The fourth-order valence-electron chi connectivity index (χ4n) is 3.55. The van der Waals surface area contributed by atoms with Gasteiger partial charge in [0.15, 0.2) is 0 Å². The molecule has 0 atom stereocenters. The zero-order valence-corrected chi connectivity index (χ0v) is 19.0. The van der Waals surface area contributed by atoms with Gasteiger partial charge in [-0.1, -0.05) is 29.8 Å². The van der Waals surface area contributed by atoms with Gasteiger partial charge in [-0.2, -0.15) is 0 Å². The fraction of sp³-hybridized carbons (Fsp3) is 0.250. The van der Waals surface area contributed by atoms with Gasteiger partial charge in [-0.3, -0.25) is 9.59 Å². The molecule has 1 N–H and O–H groups in total. The zero-order chi connectivity index (χ0) is 22.0. The number of rotatable bonds is 7. The monoisotopic (exact) mass is 453 g/mol. The lowest BCUT2D eigenvalue weighted by molar-refractivity contribution is 0.0735. The number of hydrogen-bond acceptors (Lipinski definition) is 4. The Labute approximate surface area is 191 Å². The van der Waals surface area contributed by atoms with E-state index in [1.165, 1.54) is 11.3 Å². The van der Waals surface area contributed by atoms with Gasteiger partial charge in [0.1, 0.15) is 0 Å². The van der Waals surface area contributed by atoms with Crippen molar-refractivity contribution in [2.75, 3.05) is 24.3 Å². The average molecular weight is 454 g/mol. The summed E-state index contributed by atoms with van der Waals surface area (Å²) in [6, 6.07) is 16.8. The van der Waals surface area contributed by atoms with Gasteiger partial charge in [-0.25, -0.2) is 0 Å². The van der Waals surface area contributed by atoms with Crippen LogP contribution in [0.1, 0.15) is 38.4 Å². The van der Waals surface area contributed by atoms with E-state index in [0.29, 0.717) is 22.8 Å². The summed E-state index contributed by atoms with van der Waals surface area (Å²) < 4.78 is 0. The molecule has 3 aromatic rings. The lowest BCUT2D eigenvalue weighted by Gasteiger charge is -2.26. The lowest BCUT2D eigenvalue weighted by atomic mass is 10.1. The maximum atomic E-state index is 13.1. The molecule has 0 unspecified atom stereocenters. The third-order valence-electron chi connectivity index (χ3n) is 5.26. The van der Waals surface area contributed by atoms with Crippen molar-refractivity contribution in [1.82, 2.24) is 4.90 Å². The van der Waals surface area contributed by atoms with Crippen LogP contribution >= 0.6 is 22.9 Å². The molecule has 0 bridgehead atoms. The van der Waals surface area contributed by atoms with Crippen LogP contribution in [0.5, 0.6) is 0 Å². The van der Waals surface area contributed by atoms with Crippen LogP contribution in [0.2, 0.25) is 5.02 Å². The largest absolute Gasteiger partial charge is 0.377 e. The molecule has 4 rings (SSSR count). The van der Waals surface area contributed by atoms with Crippen LogP contribution in [-0.4, -0.2) is 36.9 Å². The molecule has 31 heavy (non-hydrogen) atoms. The third kappa shape index (κ3) is 4.92. The normalized spacial score (nSPS) is 13.0. The van der Waals surface area contributed by atoms with E-state index >= 15 is 0 Å². The summed E-state index contributed by atoms with van der Waals surface area (Å²) in [5.74, 6) is -0.199. The summed E-state index contributed by atoms with van der Waals surface area (Å²) in [6.07, 6.45) is 2.05. The Kier molecular flexibility index (Phi) is 6.30. The maximum Gasteiger partial charge on any atom is 0.264 e. The highest BCUT2D eigenvalue weighted by Crippen LogP contribution is 2.33. The first-order chi connectivity index (χ1) is 14.9. The fourth-order valence-corrected chi connectivity index (χ4v) is 4.45. The first-order valence-corrected chi connectivity index (χ1v) is 11.4. The molecule has 1 aliphatic carbocycles. The Hall–Kier alpha value is -2.83. The zero-order valence-electron chi connectivity index (χ0n) is 17.5. The van der Waals surface area contributed by atoms with Gasteiger partial charge in [0.05, 0.1) is 15.5 Å². The smallest absolute Gasteiger partial charge is 0.264 e. The molecular weight excluding hydrogens is 430 g/mol. The Bertz CT molecular complexity index is 1090. The summed E-state index contributed by atoms with van der Waals surface area (Å²) in [6.45, 7) is 0.491. The number of carbonyl (C=O) groups is 2. The minimum atomic E-state index is -0.261. The molecular formula is C24H24ClN3O2S. The SMILES string of the molecule is CN(C)c1ccc(NC(=O)c2ccccc2Cl)cc1CN(C(=O)c1cccs1)C1CC1. The molecule has 0 saturated heterocycles. The first kappa shape index (κ1) is 21.4. The summed E-state index contributed by atoms with van der Waals surface area (Å²) in [5.41, 5.74) is 3.10. The number of hydrogen-bond donors (Lipinski definition) is 1. The summed E-state index contributed by atoms with van der Waals surface area (Å²) in [5, 5.41) is 5.27. The van der Waals surface area contributed by atoms with Gasteiger partial charge in [0.2, 0.25) is 0 Å².